The number of hydrogen-bond donors (Lipinski definition) is 1. The van der Waals surface area contributed by atoms with Gasteiger partial charge in [-0.15, -0.1) is 0 Å². The van der Waals surface area contributed by atoms with Crippen molar-refractivity contribution in [3.63, 3.8) is 0 Å². The van der Waals surface area contributed by atoms with Crippen molar-refractivity contribution in [2.45, 2.75) is 13.8 Å². The van der Waals surface area contributed by atoms with Gasteiger partial charge in [0.15, 0.2) is 10.9 Å². The van der Waals surface area contributed by atoms with E-state index in [1.54, 1.807) is 6.92 Å². The third-order valence-electron chi connectivity index (χ3n) is 2.00. The third kappa shape index (κ3) is 2.39. The van der Waals surface area contributed by atoms with Gasteiger partial charge in [-0.1, -0.05) is 16.5 Å². The van der Waals surface area contributed by atoms with Gasteiger partial charge in [-0.25, -0.2) is 4.98 Å². The Balaban J connectivity index is 2.17. The fraction of sp³-hybridized carbons (Fsp3) is 0.200. The Kier molecular flexibility index (Phi) is 3.01. The maximum absolute atomic E-state index is 11.6. The summed E-state index contributed by atoms with van der Waals surface area (Å²) in [5.41, 5.74) is 0.607. The van der Waals surface area contributed by atoms with Gasteiger partial charge in [0.25, 0.3) is 5.91 Å². The summed E-state index contributed by atoms with van der Waals surface area (Å²) in [4.78, 5) is 27.5. The second-order valence-corrected chi connectivity index (χ2v) is 4.32. The Morgan fingerprint density at radius 2 is 2.24 bits per heavy atom. The monoisotopic (exact) mass is 251 g/mol. The fourth-order valence-electron chi connectivity index (χ4n) is 1.27. The number of carbonyl (C=O) groups is 2. The van der Waals surface area contributed by atoms with Crippen molar-refractivity contribution >= 4 is 28.2 Å². The number of Topliss-reactive ketones (excluding diaryl/α,β-unsaturated/α-hetero) is 1. The first-order valence-corrected chi connectivity index (χ1v) is 5.60. The SMILES string of the molecule is CC(=O)c1sc(NC(=O)c2ccno2)nc1C. The number of aromatic nitrogens is 2. The van der Waals surface area contributed by atoms with Crippen LogP contribution in [0.4, 0.5) is 5.13 Å². The molecule has 0 saturated heterocycles. The summed E-state index contributed by atoms with van der Waals surface area (Å²) in [6, 6.07) is 1.45. The van der Waals surface area contributed by atoms with Gasteiger partial charge in [0.2, 0.25) is 5.76 Å². The van der Waals surface area contributed by atoms with Crippen LogP contribution < -0.4 is 5.32 Å². The van der Waals surface area contributed by atoms with Crippen molar-refractivity contribution < 1.29 is 14.1 Å². The van der Waals surface area contributed by atoms with E-state index in [4.69, 9.17) is 4.52 Å². The summed E-state index contributed by atoms with van der Waals surface area (Å²) in [6.07, 6.45) is 1.38. The summed E-state index contributed by atoms with van der Waals surface area (Å²) in [6.45, 7) is 3.18. The summed E-state index contributed by atoms with van der Waals surface area (Å²) < 4.78 is 4.70. The molecule has 0 aromatic carbocycles. The van der Waals surface area contributed by atoms with Crippen LogP contribution >= 0.6 is 11.3 Å². The topological polar surface area (TPSA) is 85.1 Å². The normalized spacial score (nSPS) is 10.2. The molecular formula is C10H9N3O3S. The molecule has 1 N–H and O–H groups in total. The summed E-state index contributed by atoms with van der Waals surface area (Å²) in [7, 11) is 0. The number of anilines is 1. The number of carbonyl (C=O) groups excluding carboxylic acids is 2. The number of thiazole rings is 1. The van der Waals surface area contributed by atoms with Gasteiger partial charge in [-0.3, -0.25) is 14.9 Å². The van der Waals surface area contributed by atoms with Crippen LogP contribution in [0.3, 0.4) is 0 Å². The highest BCUT2D eigenvalue weighted by atomic mass is 32.1. The number of aryl methyl sites for hydroxylation is 1. The number of nitrogens with zero attached hydrogens (tertiary/aromatic N) is 2. The molecule has 0 aliphatic rings. The second-order valence-electron chi connectivity index (χ2n) is 3.32. The zero-order valence-corrected chi connectivity index (χ0v) is 10.00. The first-order valence-electron chi connectivity index (χ1n) is 4.78. The molecule has 0 radical (unpaired) electrons. The van der Waals surface area contributed by atoms with Gasteiger partial charge >= 0.3 is 0 Å². The molecule has 0 aliphatic heterocycles. The lowest BCUT2D eigenvalue weighted by Gasteiger charge is -1.95. The van der Waals surface area contributed by atoms with Crippen molar-refractivity contribution in [3.05, 3.63) is 28.6 Å². The van der Waals surface area contributed by atoms with Crippen LogP contribution in [0.5, 0.6) is 0 Å². The van der Waals surface area contributed by atoms with E-state index < -0.39 is 5.91 Å². The summed E-state index contributed by atoms with van der Waals surface area (Å²) in [5.74, 6) is -0.409. The Morgan fingerprint density at radius 1 is 1.47 bits per heavy atom. The van der Waals surface area contributed by atoms with E-state index >= 15 is 0 Å². The third-order valence-corrected chi connectivity index (χ3v) is 3.17. The highest BCUT2D eigenvalue weighted by Crippen LogP contribution is 2.23. The smallest absolute Gasteiger partial charge is 0.296 e. The molecule has 2 aromatic rings. The molecule has 2 aromatic heterocycles. The summed E-state index contributed by atoms with van der Waals surface area (Å²) in [5, 5.41) is 6.34. The van der Waals surface area contributed by atoms with Gasteiger partial charge < -0.3 is 4.52 Å². The van der Waals surface area contributed by atoms with E-state index in [1.807, 2.05) is 0 Å². The Bertz CT molecular complexity index is 559. The molecule has 7 heteroatoms. The van der Waals surface area contributed by atoms with E-state index in [-0.39, 0.29) is 11.5 Å². The Morgan fingerprint density at radius 3 is 2.76 bits per heavy atom. The van der Waals surface area contributed by atoms with Gasteiger partial charge in [-0.2, -0.15) is 0 Å². The minimum Gasteiger partial charge on any atom is -0.351 e. The number of rotatable bonds is 3. The average Bonchev–Trinajstić information content (AvgIpc) is 2.86. The minimum absolute atomic E-state index is 0.0693. The van der Waals surface area contributed by atoms with Crippen LogP contribution in [0.25, 0.3) is 0 Å². The second kappa shape index (κ2) is 4.46. The fourth-order valence-corrected chi connectivity index (χ4v) is 2.12. The number of hydrogen-bond acceptors (Lipinski definition) is 6. The molecule has 0 unspecified atom stereocenters. The molecule has 0 aliphatic carbocycles. The highest BCUT2D eigenvalue weighted by Gasteiger charge is 2.15. The summed E-state index contributed by atoms with van der Waals surface area (Å²) >= 11 is 1.14. The quantitative estimate of drug-likeness (QED) is 0.842. The van der Waals surface area contributed by atoms with Crippen LogP contribution in [0.2, 0.25) is 0 Å². The van der Waals surface area contributed by atoms with Crippen molar-refractivity contribution in [2.75, 3.05) is 5.32 Å². The van der Waals surface area contributed by atoms with Crippen LogP contribution in [-0.2, 0) is 0 Å². The molecular weight excluding hydrogens is 242 g/mol. The van der Waals surface area contributed by atoms with Crippen molar-refractivity contribution in [3.8, 4) is 0 Å². The van der Waals surface area contributed by atoms with Gasteiger partial charge in [0.1, 0.15) is 0 Å². The van der Waals surface area contributed by atoms with Gasteiger partial charge in [0, 0.05) is 13.0 Å². The van der Waals surface area contributed by atoms with Crippen LogP contribution in [0, 0.1) is 6.92 Å². The molecule has 17 heavy (non-hydrogen) atoms. The lowest BCUT2D eigenvalue weighted by Crippen LogP contribution is -2.10. The molecule has 0 atom stereocenters. The zero-order valence-electron chi connectivity index (χ0n) is 9.18. The van der Waals surface area contributed by atoms with Crippen LogP contribution in [0.15, 0.2) is 16.8 Å². The number of nitrogens with one attached hydrogen (secondary N) is 1. The van der Waals surface area contributed by atoms with Crippen molar-refractivity contribution in [2.24, 2.45) is 0 Å². The lowest BCUT2D eigenvalue weighted by atomic mass is 10.3. The van der Waals surface area contributed by atoms with E-state index in [0.29, 0.717) is 15.7 Å². The molecule has 2 rings (SSSR count). The van der Waals surface area contributed by atoms with Gasteiger partial charge in [-0.05, 0) is 6.92 Å². The lowest BCUT2D eigenvalue weighted by molar-refractivity contribution is 0.0986. The predicted molar refractivity (Wildman–Crippen MR) is 61.3 cm³/mol. The first kappa shape index (κ1) is 11.5. The Hall–Kier alpha value is -2.02. The maximum atomic E-state index is 11.6. The molecule has 88 valence electrons. The molecule has 2 heterocycles. The average molecular weight is 251 g/mol. The van der Waals surface area contributed by atoms with E-state index in [0.717, 1.165) is 11.3 Å². The largest absolute Gasteiger partial charge is 0.351 e. The molecule has 6 nitrogen and oxygen atoms in total. The number of ketones is 1. The maximum Gasteiger partial charge on any atom is 0.296 e. The van der Waals surface area contributed by atoms with E-state index in [9.17, 15) is 9.59 Å². The van der Waals surface area contributed by atoms with Crippen LogP contribution in [-0.4, -0.2) is 21.8 Å². The molecule has 0 saturated carbocycles. The highest BCUT2D eigenvalue weighted by molar-refractivity contribution is 7.17. The Labute approximate surface area is 101 Å². The predicted octanol–water partition coefficient (Wildman–Crippen LogP) is 1.89. The first-order chi connectivity index (χ1) is 8.08. The van der Waals surface area contributed by atoms with E-state index in [2.05, 4.69) is 15.5 Å². The zero-order chi connectivity index (χ0) is 12.4. The molecule has 0 spiro atoms. The minimum atomic E-state index is -0.439. The van der Waals surface area contributed by atoms with Crippen LogP contribution in [0.1, 0.15) is 32.8 Å². The molecule has 1 amide bonds. The number of amides is 1. The van der Waals surface area contributed by atoms with Gasteiger partial charge in [0.05, 0.1) is 16.8 Å². The standard InChI is InChI=1S/C10H9N3O3S/c1-5-8(6(2)14)17-10(12-5)13-9(15)7-3-4-11-16-7/h3-4H,1-2H3,(H,12,13,15). The van der Waals surface area contributed by atoms with Crippen molar-refractivity contribution in [1.29, 1.82) is 0 Å². The molecule has 0 bridgehead atoms. The molecule has 0 fully saturated rings. The van der Waals surface area contributed by atoms with E-state index in [1.165, 1.54) is 19.2 Å². The van der Waals surface area contributed by atoms with Crippen molar-refractivity contribution in [1.82, 2.24) is 10.1 Å².